The first-order chi connectivity index (χ1) is 32.0. The zero-order valence-corrected chi connectivity index (χ0v) is 36.7. The zero-order chi connectivity index (χ0) is 43.8. The molecule has 1 spiro atoms. The van der Waals surface area contributed by atoms with Gasteiger partial charge in [-0.2, -0.15) is 0 Å². The first-order valence-electron chi connectivity index (χ1n) is 22.7. The number of rotatable bonds is 9. The van der Waals surface area contributed by atoms with Crippen molar-refractivity contribution in [1.29, 1.82) is 0 Å². The fraction of sp³-hybridized carbons (Fsp3) is 0.0625. The molecule has 0 unspecified atom stereocenters. The van der Waals surface area contributed by atoms with E-state index in [1.165, 1.54) is 77.9 Å². The van der Waals surface area contributed by atoms with Crippen LogP contribution in [0.25, 0.3) is 56.2 Å². The molecule has 0 atom stereocenters. The lowest BCUT2D eigenvalue weighted by Crippen LogP contribution is -2.40. The number of hydrogen-bond donors (Lipinski definition) is 1. The molecular weight excluding hydrogens is 783 g/mol. The molecular formula is C64H49N. The van der Waals surface area contributed by atoms with Crippen LogP contribution in [0.4, 0.5) is 5.69 Å². The molecule has 65 heavy (non-hydrogen) atoms. The predicted molar refractivity (Wildman–Crippen MR) is 275 cm³/mol. The quantitative estimate of drug-likeness (QED) is 0.143. The Balaban J connectivity index is 0.905. The summed E-state index contributed by atoms with van der Waals surface area (Å²) in [5.74, 6) is 0. The molecule has 0 aromatic heterocycles. The average molecular weight is 832 g/mol. The van der Waals surface area contributed by atoms with Crippen LogP contribution < -0.4 is 5.32 Å². The first kappa shape index (κ1) is 39.8. The zero-order valence-electron chi connectivity index (χ0n) is 36.7. The molecule has 0 amide bonds. The molecule has 310 valence electrons. The second-order valence-electron chi connectivity index (χ2n) is 17.7. The Morgan fingerprint density at radius 2 is 0.846 bits per heavy atom. The smallest absolute Gasteiger partial charge is 0.0719 e. The first-order valence-corrected chi connectivity index (χ1v) is 22.7. The Morgan fingerprint density at radius 3 is 1.46 bits per heavy atom. The van der Waals surface area contributed by atoms with Crippen LogP contribution in [-0.2, 0) is 10.8 Å². The molecule has 9 aromatic rings. The predicted octanol–water partition coefficient (Wildman–Crippen LogP) is 16.4. The minimum atomic E-state index is -0.414. The van der Waals surface area contributed by atoms with Crippen LogP contribution in [0, 0.1) is 0 Å². The molecule has 1 nitrogen and oxygen atoms in total. The number of hydrogen-bond acceptors (Lipinski definition) is 1. The van der Waals surface area contributed by atoms with E-state index in [4.69, 9.17) is 0 Å². The van der Waals surface area contributed by atoms with Crippen molar-refractivity contribution in [2.75, 3.05) is 5.32 Å². The van der Waals surface area contributed by atoms with Crippen molar-refractivity contribution in [2.24, 2.45) is 0 Å². The van der Waals surface area contributed by atoms with E-state index >= 15 is 0 Å². The Kier molecular flexibility index (Phi) is 10.2. The third-order valence-electron chi connectivity index (χ3n) is 13.7. The summed E-state index contributed by atoms with van der Waals surface area (Å²) in [4.78, 5) is 0. The number of nitrogens with one attached hydrogen (secondary N) is 1. The Bertz CT molecular complexity index is 3210. The van der Waals surface area contributed by atoms with Crippen molar-refractivity contribution < 1.29 is 0 Å². The minimum absolute atomic E-state index is 0.126. The maximum Gasteiger partial charge on any atom is 0.0719 e. The molecule has 0 saturated carbocycles. The second-order valence-corrected chi connectivity index (χ2v) is 17.7. The standard InChI is InChI=1S/C64H49N/c1-63(2)58-25-13-15-27-60(58)64(61-28-16-14-26-59(61)63)57-24-12-11-23-55(57)56-42-39-52(43-62(56)64)50-37-40-54(41-38-50)65-44-53(51-35-33-49(34-36-51)47-20-7-4-8-21-47)22-10-9-17-45-29-31-48(32-30-45)46-18-5-3-6-19-46/h3-44,65H,1-2H3/b17-9-,22-10-,53-44-. The van der Waals surface area contributed by atoms with Gasteiger partial charge in [0.25, 0.3) is 0 Å². The monoisotopic (exact) mass is 831 g/mol. The Hall–Kier alpha value is -8.00. The van der Waals surface area contributed by atoms with E-state index in [1.807, 2.05) is 0 Å². The highest BCUT2D eigenvalue weighted by atomic mass is 14.8. The summed E-state index contributed by atoms with van der Waals surface area (Å²) in [6.07, 6.45) is 10.7. The highest BCUT2D eigenvalue weighted by molar-refractivity contribution is 5.90. The van der Waals surface area contributed by atoms with Gasteiger partial charge in [-0.3, -0.25) is 0 Å². The summed E-state index contributed by atoms with van der Waals surface area (Å²) in [6.45, 7) is 4.76. The number of allylic oxidation sites excluding steroid dienone is 4. The highest BCUT2D eigenvalue weighted by Crippen LogP contribution is 2.62. The number of fused-ring (bicyclic) bond motifs is 9. The van der Waals surface area contributed by atoms with Crippen LogP contribution in [0.3, 0.4) is 0 Å². The van der Waals surface area contributed by atoms with Gasteiger partial charge >= 0.3 is 0 Å². The van der Waals surface area contributed by atoms with Crippen LogP contribution >= 0.6 is 0 Å². The second kappa shape index (κ2) is 16.6. The van der Waals surface area contributed by atoms with Crippen molar-refractivity contribution in [3.63, 3.8) is 0 Å². The van der Waals surface area contributed by atoms with Gasteiger partial charge in [-0.1, -0.05) is 244 Å². The fourth-order valence-corrected chi connectivity index (χ4v) is 10.4. The Morgan fingerprint density at radius 1 is 0.385 bits per heavy atom. The van der Waals surface area contributed by atoms with Gasteiger partial charge in [-0.15, -0.1) is 0 Å². The molecule has 0 bridgehead atoms. The van der Waals surface area contributed by atoms with Crippen molar-refractivity contribution in [3.05, 3.63) is 293 Å². The van der Waals surface area contributed by atoms with E-state index in [-0.39, 0.29) is 5.41 Å². The van der Waals surface area contributed by atoms with Crippen LogP contribution in [-0.4, -0.2) is 0 Å². The van der Waals surface area contributed by atoms with E-state index in [0.717, 1.165) is 22.4 Å². The summed E-state index contributed by atoms with van der Waals surface area (Å²) in [6, 6.07) is 81.9. The molecule has 1 N–H and O–H groups in total. The van der Waals surface area contributed by atoms with Crippen molar-refractivity contribution in [2.45, 2.75) is 24.7 Å². The molecule has 1 heteroatoms. The lowest BCUT2D eigenvalue weighted by Gasteiger charge is -2.46. The minimum Gasteiger partial charge on any atom is -0.361 e. The normalized spacial score (nSPS) is 14.2. The van der Waals surface area contributed by atoms with Gasteiger partial charge in [-0.25, -0.2) is 0 Å². The fourth-order valence-electron chi connectivity index (χ4n) is 10.4. The lowest BCUT2D eigenvalue weighted by atomic mass is 9.55. The molecule has 0 fully saturated rings. The van der Waals surface area contributed by atoms with E-state index < -0.39 is 5.41 Å². The van der Waals surface area contributed by atoms with E-state index in [0.29, 0.717) is 0 Å². The van der Waals surface area contributed by atoms with Crippen LogP contribution in [0.2, 0.25) is 0 Å². The SMILES string of the molecule is CC1(C)c2ccccc2C2(c3ccccc3-c3ccc(-c4ccc(N/C=C(/C=C\C=C/c5ccc(-c6ccccc6)cc5)c5ccc(-c6ccccc6)cc5)cc4)cc32)c2ccccc21. The summed E-state index contributed by atoms with van der Waals surface area (Å²) in [7, 11) is 0. The summed E-state index contributed by atoms with van der Waals surface area (Å²) < 4.78 is 0. The van der Waals surface area contributed by atoms with Gasteiger partial charge in [0.1, 0.15) is 0 Å². The lowest BCUT2D eigenvalue weighted by molar-refractivity contribution is 0.563. The molecule has 11 rings (SSSR count). The van der Waals surface area contributed by atoms with Crippen molar-refractivity contribution in [1.82, 2.24) is 0 Å². The average Bonchev–Trinajstić information content (AvgIpc) is 3.66. The summed E-state index contributed by atoms with van der Waals surface area (Å²) in [5, 5.41) is 3.64. The van der Waals surface area contributed by atoms with Crippen LogP contribution in [0.5, 0.6) is 0 Å². The van der Waals surface area contributed by atoms with E-state index in [9.17, 15) is 0 Å². The highest BCUT2D eigenvalue weighted by Gasteiger charge is 2.53. The molecule has 0 saturated heterocycles. The van der Waals surface area contributed by atoms with Gasteiger partial charge < -0.3 is 5.32 Å². The molecule has 0 heterocycles. The maximum absolute atomic E-state index is 3.64. The number of benzene rings is 9. The van der Waals surface area contributed by atoms with Gasteiger partial charge in [0, 0.05) is 17.3 Å². The molecule has 0 radical (unpaired) electrons. The third-order valence-corrected chi connectivity index (χ3v) is 13.7. The van der Waals surface area contributed by atoms with Crippen LogP contribution in [0.1, 0.15) is 58.4 Å². The summed E-state index contributed by atoms with van der Waals surface area (Å²) >= 11 is 0. The summed E-state index contributed by atoms with van der Waals surface area (Å²) in [5.41, 5.74) is 22.0. The van der Waals surface area contributed by atoms with Gasteiger partial charge in [-0.05, 0) is 113 Å². The van der Waals surface area contributed by atoms with Gasteiger partial charge in [0.05, 0.1) is 5.41 Å². The van der Waals surface area contributed by atoms with Crippen LogP contribution in [0.15, 0.2) is 249 Å². The van der Waals surface area contributed by atoms with Gasteiger partial charge in [0.15, 0.2) is 0 Å². The topological polar surface area (TPSA) is 12.0 Å². The Labute approximate surface area is 383 Å². The maximum atomic E-state index is 3.64. The molecule has 2 aliphatic carbocycles. The van der Waals surface area contributed by atoms with Crippen molar-refractivity contribution >= 4 is 17.3 Å². The molecule has 9 aromatic carbocycles. The van der Waals surface area contributed by atoms with Crippen molar-refractivity contribution in [3.8, 4) is 44.5 Å². The molecule has 0 aliphatic heterocycles. The van der Waals surface area contributed by atoms with E-state index in [2.05, 4.69) is 274 Å². The number of anilines is 1. The third kappa shape index (κ3) is 7.07. The molecule has 2 aliphatic rings. The van der Waals surface area contributed by atoms with Gasteiger partial charge in [0.2, 0.25) is 0 Å². The van der Waals surface area contributed by atoms with E-state index in [1.54, 1.807) is 0 Å². The largest absolute Gasteiger partial charge is 0.361 e.